The number of methoxy groups -OCH3 is 1. The first-order chi connectivity index (χ1) is 11.3. The van der Waals surface area contributed by atoms with Crippen LogP contribution in [0, 0.1) is 0 Å². The monoisotopic (exact) mass is 310 g/mol. The van der Waals surface area contributed by atoms with Gasteiger partial charge in [-0.15, -0.1) is 0 Å². The molecule has 0 aliphatic heterocycles. The fourth-order valence-electron chi connectivity index (χ4n) is 2.25. The second kappa shape index (κ2) is 6.89. The van der Waals surface area contributed by atoms with E-state index in [0.717, 1.165) is 16.6 Å². The van der Waals surface area contributed by atoms with Gasteiger partial charge in [-0.05, 0) is 24.3 Å². The molecule has 0 saturated heterocycles. The van der Waals surface area contributed by atoms with Gasteiger partial charge in [0, 0.05) is 30.9 Å². The summed E-state index contributed by atoms with van der Waals surface area (Å²) in [6.07, 6.45) is 3.24. The van der Waals surface area contributed by atoms with Gasteiger partial charge in [-0.25, -0.2) is 9.97 Å². The number of hydrogen-bond acceptors (Lipinski definition) is 7. The molecule has 0 fully saturated rings. The predicted octanol–water partition coefficient (Wildman–Crippen LogP) is 2.41. The van der Waals surface area contributed by atoms with Gasteiger partial charge in [-0.2, -0.15) is 0 Å². The third-order valence-electron chi connectivity index (χ3n) is 3.38. The van der Waals surface area contributed by atoms with Crippen LogP contribution in [0.2, 0.25) is 0 Å². The summed E-state index contributed by atoms with van der Waals surface area (Å²) in [7, 11) is 1.65. The van der Waals surface area contributed by atoms with E-state index < -0.39 is 0 Å². The molecule has 0 unspecified atom stereocenters. The Morgan fingerprint density at radius 3 is 2.83 bits per heavy atom. The fraction of sp³-hybridized carbons (Fsp3) is 0.188. The van der Waals surface area contributed by atoms with Crippen LogP contribution >= 0.6 is 0 Å². The molecule has 3 aromatic rings. The molecule has 1 aromatic carbocycles. The summed E-state index contributed by atoms with van der Waals surface area (Å²) in [6.45, 7) is 1.19. The molecule has 0 aliphatic carbocycles. The zero-order valence-corrected chi connectivity index (χ0v) is 12.8. The second-order valence-electron chi connectivity index (χ2n) is 4.90. The molecular weight excluding hydrogens is 292 g/mol. The first-order valence-electron chi connectivity index (χ1n) is 7.23. The first-order valence-corrected chi connectivity index (χ1v) is 7.23. The summed E-state index contributed by atoms with van der Waals surface area (Å²) in [5.41, 5.74) is 8.41. The highest BCUT2D eigenvalue weighted by Crippen LogP contribution is 2.29. The highest BCUT2D eigenvalue weighted by atomic mass is 16.5. The topological polar surface area (TPSA) is 98.0 Å². The van der Waals surface area contributed by atoms with Crippen molar-refractivity contribution in [2.45, 2.75) is 0 Å². The molecule has 0 saturated carbocycles. The van der Waals surface area contributed by atoms with Crippen LogP contribution in [0.5, 0.6) is 0 Å². The van der Waals surface area contributed by atoms with Crippen LogP contribution in [0.1, 0.15) is 0 Å². The predicted molar refractivity (Wildman–Crippen MR) is 91.8 cm³/mol. The molecule has 4 N–H and O–H groups in total. The molecule has 2 heterocycles. The van der Waals surface area contributed by atoms with E-state index in [4.69, 9.17) is 10.5 Å². The van der Waals surface area contributed by atoms with Crippen LogP contribution in [0.25, 0.3) is 10.9 Å². The van der Waals surface area contributed by atoms with E-state index in [1.54, 1.807) is 13.3 Å². The third kappa shape index (κ3) is 3.29. The molecule has 7 heteroatoms. The number of pyridine rings is 1. The summed E-state index contributed by atoms with van der Waals surface area (Å²) in [5.74, 6) is 1.13. The normalized spacial score (nSPS) is 10.7. The number of aromatic nitrogens is 3. The molecule has 7 nitrogen and oxygen atoms in total. The molecule has 0 atom stereocenters. The minimum atomic E-state index is 0.462. The van der Waals surface area contributed by atoms with Crippen molar-refractivity contribution in [3.05, 3.63) is 42.9 Å². The maximum absolute atomic E-state index is 6.15. The van der Waals surface area contributed by atoms with E-state index >= 15 is 0 Å². The maximum Gasteiger partial charge on any atom is 0.159 e. The van der Waals surface area contributed by atoms with Crippen molar-refractivity contribution in [1.29, 1.82) is 0 Å². The van der Waals surface area contributed by atoms with Gasteiger partial charge in [-0.1, -0.05) is 6.07 Å². The van der Waals surface area contributed by atoms with E-state index in [1.165, 1.54) is 6.33 Å². The van der Waals surface area contributed by atoms with E-state index in [9.17, 15) is 0 Å². The average Bonchev–Trinajstić information content (AvgIpc) is 2.58. The molecule has 0 aliphatic rings. The van der Waals surface area contributed by atoms with Crippen molar-refractivity contribution in [2.24, 2.45) is 0 Å². The minimum absolute atomic E-state index is 0.462. The van der Waals surface area contributed by atoms with Crippen molar-refractivity contribution >= 4 is 33.9 Å². The van der Waals surface area contributed by atoms with Gasteiger partial charge in [0.2, 0.25) is 0 Å². The summed E-state index contributed by atoms with van der Waals surface area (Å²) in [6, 6.07) is 9.76. The zero-order valence-electron chi connectivity index (χ0n) is 12.8. The minimum Gasteiger partial charge on any atom is -0.393 e. The molecular formula is C16H18N6O. The fourth-order valence-corrected chi connectivity index (χ4v) is 2.25. The van der Waals surface area contributed by atoms with Gasteiger partial charge < -0.3 is 21.1 Å². The molecule has 2 aromatic heterocycles. The molecule has 23 heavy (non-hydrogen) atoms. The van der Waals surface area contributed by atoms with Gasteiger partial charge in [0.05, 0.1) is 12.1 Å². The second-order valence-corrected chi connectivity index (χ2v) is 4.90. The largest absolute Gasteiger partial charge is 0.393 e. The number of hydrogen-bond donors (Lipinski definition) is 3. The summed E-state index contributed by atoms with van der Waals surface area (Å²) < 4.78 is 5.01. The van der Waals surface area contributed by atoms with Crippen molar-refractivity contribution in [3.63, 3.8) is 0 Å². The van der Waals surface area contributed by atoms with Gasteiger partial charge in [0.1, 0.15) is 12.0 Å². The van der Waals surface area contributed by atoms with Crippen LogP contribution in [-0.4, -0.2) is 35.2 Å². The van der Waals surface area contributed by atoms with Crippen molar-refractivity contribution in [2.75, 3.05) is 36.6 Å². The van der Waals surface area contributed by atoms with Crippen molar-refractivity contribution in [1.82, 2.24) is 15.0 Å². The number of ether oxygens (including phenoxy) is 1. The quantitative estimate of drug-likeness (QED) is 0.601. The Morgan fingerprint density at radius 1 is 1.09 bits per heavy atom. The Morgan fingerprint density at radius 2 is 1.96 bits per heavy atom. The molecule has 0 bridgehead atoms. The Kier molecular flexibility index (Phi) is 4.49. The van der Waals surface area contributed by atoms with E-state index in [2.05, 4.69) is 25.6 Å². The Balaban J connectivity index is 1.89. The van der Waals surface area contributed by atoms with Crippen LogP contribution in [0.3, 0.4) is 0 Å². The highest BCUT2D eigenvalue weighted by Gasteiger charge is 2.09. The molecule has 0 radical (unpaired) electrons. The number of nitrogen functional groups attached to an aromatic ring is 1. The zero-order chi connectivity index (χ0) is 16.1. The van der Waals surface area contributed by atoms with E-state index in [-0.39, 0.29) is 0 Å². The number of anilines is 4. The molecule has 0 amide bonds. The van der Waals surface area contributed by atoms with Crippen LogP contribution < -0.4 is 16.4 Å². The van der Waals surface area contributed by atoms with Crippen LogP contribution in [-0.2, 0) is 4.74 Å². The number of nitrogens with zero attached hydrogens (tertiary/aromatic N) is 3. The Bertz CT molecular complexity index is 802. The van der Waals surface area contributed by atoms with Crippen LogP contribution in [0.15, 0.2) is 42.9 Å². The highest BCUT2D eigenvalue weighted by molar-refractivity contribution is 5.94. The van der Waals surface area contributed by atoms with Gasteiger partial charge in [0.25, 0.3) is 0 Å². The molecule has 118 valence electrons. The summed E-state index contributed by atoms with van der Waals surface area (Å²) in [5, 5.41) is 7.38. The first kappa shape index (κ1) is 15.0. The summed E-state index contributed by atoms with van der Waals surface area (Å²) in [4.78, 5) is 12.7. The van der Waals surface area contributed by atoms with Gasteiger partial charge >= 0.3 is 0 Å². The number of rotatable bonds is 6. The average molecular weight is 310 g/mol. The standard InChI is InChI=1S/C16H18N6O/c1-23-9-8-19-15-14(17)16(21-10-20-15)22-13-6-2-5-12-11(13)4-3-7-18-12/h2-7,10H,8-9,17H2,1H3,(H2,19,20,21,22). The van der Waals surface area contributed by atoms with Crippen molar-refractivity contribution in [3.8, 4) is 0 Å². The number of nitrogens with one attached hydrogen (secondary N) is 2. The van der Waals surface area contributed by atoms with E-state index in [1.807, 2.05) is 30.3 Å². The molecule has 3 rings (SSSR count). The lowest BCUT2D eigenvalue weighted by molar-refractivity contribution is 0.210. The third-order valence-corrected chi connectivity index (χ3v) is 3.38. The Labute approximate surface area is 133 Å². The lowest BCUT2D eigenvalue weighted by Gasteiger charge is -2.13. The molecule has 0 spiro atoms. The smallest absolute Gasteiger partial charge is 0.159 e. The lowest BCUT2D eigenvalue weighted by atomic mass is 10.2. The SMILES string of the molecule is COCCNc1ncnc(Nc2cccc3ncccc23)c1N. The number of fused-ring (bicyclic) bond motifs is 1. The van der Waals surface area contributed by atoms with Crippen LogP contribution in [0.4, 0.5) is 23.0 Å². The number of nitrogens with two attached hydrogens (primary N) is 1. The van der Waals surface area contributed by atoms with E-state index in [0.29, 0.717) is 30.5 Å². The summed E-state index contributed by atoms with van der Waals surface area (Å²) >= 11 is 0. The maximum atomic E-state index is 6.15. The lowest BCUT2D eigenvalue weighted by Crippen LogP contribution is -2.12. The van der Waals surface area contributed by atoms with Gasteiger partial charge in [-0.3, -0.25) is 4.98 Å². The van der Waals surface area contributed by atoms with Crippen molar-refractivity contribution < 1.29 is 4.74 Å². The Hall–Kier alpha value is -2.93. The van der Waals surface area contributed by atoms with Gasteiger partial charge in [0.15, 0.2) is 11.6 Å². The number of benzene rings is 1.